The van der Waals surface area contributed by atoms with E-state index in [0.29, 0.717) is 12.8 Å². The summed E-state index contributed by atoms with van der Waals surface area (Å²) in [6.07, 6.45) is 1.97. The van der Waals surface area contributed by atoms with Gasteiger partial charge in [0.05, 0.1) is 7.11 Å². The van der Waals surface area contributed by atoms with E-state index in [-0.39, 0.29) is 19.5 Å². The average Bonchev–Trinajstić information content (AvgIpc) is 2.11. The van der Waals surface area contributed by atoms with Gasteiger partial charge in [-0.15, -0.1) is 0 Å². The molecular formula is C7H12N3O2Zn-. The second kappa shape index (κ2) is 9.49. The van der Waals surface area contributed by atoms with Gasteiger partial charge in [0, 0.05) is 24.4 Å². The van der Waals surface area contributed by atoms with E-state index in [1.165, 1.54) is 7.11 Å². The zero-order valence-corrected chi connectivity index (χ0v) is 10.7. The Hall–Kier alpha value is -0.597. The summed E-state index contributed by atoms with van der Waals surface area (Å²) in [6.45, 7) is 3.62. The smallest absolute Gasteiger partial charge is 0.314 e. The molecular weight excluding hydrogens is 223 g/mol. The Bertz CT molecular complexity index is 192. The number of nitrogens with zero attached hydrogens (tertiary/aromatic N) is 3. The van der Waals surface area contributed by atoms with Crippen molar-refractivity contribution in [1.82, 2.24) is 0 Å². The third-order valence-corrected chi connectivity index (χ3v) is 1.39. The number of hydrogen-bond acceptors (Lipinski definition) is 3. The standard InChI is InChI=1S/C7H12N3O2.Zn/c1-3-4-5-6(9-10-8)7(11)12-2;/h6H,1,3-5H2,2H3;/q-1;. The van der Waals surface area contributed by atoms with E-state index in [9.17, 15) is 4.79 Å². The van der Waals surface area contributed by atoms with Gasteiger partial charge >= 0.3 is 5.97 Å². The maximum atomic E-state index is 10.9. The molecule has 0 heterocycles. The Morgan fingerprint density at radius 3 is 2.77 bits per heavy atom. The predicted octanol–water partition coefficient (Wildman–Crippen LogP) is 1.84. The average molecular weight is 236 g/mol. The van der Waals surface area contributed by atoms with Crippen LogP contribution in [0.3, 0.4) is 0 Å². The van der Waals surface area contributed by atoms with E-state index in [1.807, 2.05) is 0 Å². The first-order chi connectivity index (χ1) is 5.76. The molecule has 0 aliphatic rings. The van der Waals surface area contributed by atoms with Crippen LogP contribution in [0.15, 0.2) is 5.11 Å². The molecule has 0 aromatic carbocycles. The van der Waals surface area contributed by atoms with Crippen LogP contribution in [0, 0.1) is 6.92 Å². The van der Waals surface area contributed by atoms with Crippen LogP contribution in [0.1, 0.15) is 19.3 Å². The quantitative estimate of drug-likeness (QED) is 0.182. The second-order valence-corrected chi connectivity index (χ2v) is 2.24. The molecule has 0 saturated carbocycles. The van der Waals surface area contributed by atoms with Crippen LogP contribution in [0.25, 0.3) is 10.4 Å². The van der Waals surface area contributed by atoms with Gasteiger partial charge < -0.3 is 11.7 Å². The number of methoxy groups -OCH3 is 1. The van der Waals surface area contributed by atoms with Gasteiger partial charge in [0.1, 0.15) is 6.04 Å². The van der Waals surface area contributed by atoms with Crippen molar-refractivity contribution in [2.45, 2.75) is 25.3 Å². The number of esters is 1. The number of carbonyl (C=O) groups is 1. The molecule has 5 nitrogen and oxygen atoms in total. The number of ether oxygens (including phenoxy) is 1. The fourth-order valence-corrected chi connectivity index (χ4v) is 0.759. The molecule has 1 atom stereocenters. The van der Waals surface area contributed by atoms with Crippen LogP contribution < -0.4 is 0 Å². The molecule has 1 unspecified atom stereocenters. The molecule has 13 heavy (non-hydrogen) atoms. The molecule has 0 saturated heterocycles. The maximum absolute atomic E-state index is 10.9. The molecule has 0 fully saturated rings. The van der Waals surface area contributed by atoms with Gasteiger partial charge in [-0.25, -0.2) is 0 Å². The van der Waals surface area contributed by atoms with Crippen molar-refractivity contribution >= 4 is 5.97 Å². The Morgan fingerprint density at radius 1 is 1.77 bits per heavy atom. The van der Waals surface area contributed by atoms with Crippen molar-refractivity contribution < 1.29 is 29.0 Å². The molecule has 0 radical (unpaired) electrons. The van der Waals surface area contributed by atoms with Crippen LogP contribution >= 0.6 is 0 Å². The van der Waals surface area contributed by atoms with Crippen LogP contribution in [-0.4, -0.2) is 19.1 Å². The Kier molecular flexibility index (Phi) is 10.9. The first kappa shape index (κ1) is 14.9. The van der Waals surface area contributed by atoms with Crippen molar-refractivity contribution in [2.24, 2.45) is 5.11 Å². The molecule has 0 aromatic rings. The van der Waals surface area contributed by atoms with E-state index >= 15 is 0 Å². The summed E-state index contributed by atoms with van der Waals surface area (Å²) in [4.78, 5) is 13.5. The fourth-order valence-electron chi connectivity index (χ4n) is 0.759. The van der Waals surface area contributed by atoms with Crippen molar-refractivity contribution in [1.29, 1.82) is 0 Å². The van der Waals surface area contributed by atoms with E-state index in [4.69, 9.17) is 5.53 Å². The Balaban J connectivity index is 0. The normalized spacial score (nSPS) is 10.6. The topological polar surface area (TPSA) is 75.1 Å². The molecule has 0 bridgehead atoms. The van der Waals surface area contributed by atoms with Gasteiger partial charge in [-0.3, -0.25) is 4.79 Å². The van der Waals surface area contributed by atoms with Crippen molar-refractivity contribution in [2.75, 3.05) is 7.11 Å². The molecule has 0 aliphatic heterocycles. The van der Waals surface area contributed by atoms with Crippen molar-refractivity contribution in [3.8, 4) is 0 Å². The zero-order valence-electron chi connectivity index (χ0n) is 7.77. The molecule has 0 spiro atoms. The minimum absolute atomic E-state index is 0. The maximum Gasteiger partial charge on any atom is 0.314 e. The minimum Gasteiger partial charge on any atom is -0.469 e. The van der Waals surface area contributed by atoms with E-state index in [2.05, 4.69) is 21.7 Å². The zero-order chi connectivity index (χ0) is 9.40. The molecule has 70 valence electrons. The SMILES string of the molecule is [CH2-]CCCC(N=[N+]=[N-])C(=O)OC.[Zn]. The summed E-state index contributed by atoms with van der Waals surface area (Å²) in [5, 5.41) is 3.31. The summed E-state index contributed by atoms with van der Waals surface area (Å²) < 4.78 is 4.44. The number of azide groups is 1. The number of carbonyl (C=O) groups excluding carboxylic acids is 1. The van der Waals surface area contributed by atoms with Gasteiger partial charge in [0.15, 0.2) is 0 Å². The van der Waals surface area contributed by atoms with Gasteiger partial charge in [0.2, 0.25) is 0 Å². The first-order valence-corrected chi connectivity index (χ1v) is 3.67. The fraction of sp³-hybridized carbons (Fsp3) is 0.714. The summed E-state index contributed by atoms with van der Waals surface area (Å²) in [5.41, 5.74) is 8.12. The van der Waals surface area contributed by atoms with E-state index < -0.39 is 12.0 Å². The number of rotatable bonds is 5. The number of hydrogen-bond donors (Lipinski definition) is 0. The molecule has 0 aliphatic carbocycles. The minimum atomic E-state index is -0.693. The van der Waals surface area contributed by atoms with Gasteiger partial charge in [-0.1, -0.05) is 11.5 Å². The van der Waals surface area contributed by atoms with Crippen molar-refractivity contribution in [3.63, 3.8) is 0 Å². The Labute approximate surface area is 90.2 Å². The first-order valence-electron chi connectivity index (χ1n) is 3.67. The van der Waals surface area contributed by atoms with Crippen LogP contribution in [0.4, 0.5) is 0 Å². The van der Waals surface area contributed by atoms with Crippen LogP contribution in [0.5, 0.6) is 0 Å². The van der Waals surface area contributed by atoms with E-state index in [0.717, 1.165) is 6.42 Å². The third kappa shape index (κ3) is 6.55. The summed E-state index contributed by atoms with van der Waals surface area (Å²) >= 11 is 0. The van der Waals surface area contributed by atoms with Crippen LogP contribution in [0.2, 0.25) is 0 Å². The van der Waals surface area contributed by atoms with Crippen LogP contribution in [-0.2, 0) is 29.0 Å². The van der Waals surface area contributed by atoms with E-state index in [1.54, 1.807) is 0 Å². The molecule has 0 N–H and O–H groups in total. The molecule has 0 aromatic heterocycles. The molecule has 0 amide bonds. The van der Waals surface area contributed by atoms with Gasteiger partial charge in [0.25, 0.3) is 0 Å². The largest absolute Gasteiger partial charge is 0.469 e. The third-order valence-electron chi connectivity index (χ3n) is 1.39. The molecule has 0 rings (SSSR count). The van der Waals surface area contributed by atoms with Gasteiger partial charge in [-0.05, 0) is 12.0 Å². The summed E-state index contributed by atoms with van der Waals surface area (Å²) in [5.74, 6) is -0.485. The summed E-state index contributed by atoms with van der Waals surface area (Å²) in [7, 11) is 1.27. The van der Waals surface area contributed by atoms with Gasteiger partial charge in [-0.2, -0.15) is 6.42 Å². The second-order valence-electron chi connectivity index (χ2n) is 2.24. The predicted molar refractivity (Wildman–Crippen MR) is 44.2 cm³/mol. The number of unbranched alkanes of at least 4 members (excludes halogenated alkanes) is 1. The summed E-state index contributed by atoms with van der Waals surface area (Å²) in [6, 6.07) is -0.693. The Morgan fingerprint density at radius 2 is 2.38 bits per heavy atom. The van der Waals surface area contributed by atoms with Crippen molar-refractivity contribution in [3.05, 3.63) is 17.4 Å². The monoisotopic (exact) mass is 234 g/mol. The molecule has 6 heteroatoms.